The van der Waals surface area contributed by atoms with Crippen molar-refractivity contribution in [1.82, 2.24) is 10.2 Å². The first-order chi connectivity index (χ1) is 11.3. The standard InChI is InChI=1S/C18H16N4O/c1-23-14-8-6-12-7-9-17(16(12)10-14)20-22-18-15-5-3-2-4-13(15)11-19-21-18/h2-6,8,10-11H,7,9H2,1H3,(H,21,22)/b20-17-. The number of aryl methyl sites for hydroxylation is 1. The number of nitrogens with zero attached hydrogens (tertiary/aromatic N) is 3. The van der Waals surface area contributed by atoms with Crippen LogP contribution in [-0.4, -0.2) is 23.0 Å². The maximum absolute atomic E-state index is 5.31. The second-order valence-corrected chi connectivity index (χ2v) is 5.47. The minimum Gasteiger partial charge on any atom is -0.497 e. The first-order valence-electron chi connectivity index (χ1n) is 7.55. The van der Waals surface area contributed by atoms with Gasteiger partial charge in [-0.2, -0.15) is 10.2 Å². The van der Waals surface area contributed by atoms with Crippen LogP contribution in [0, 0.1) is 0 Å². The lowest BCUT2D eigenvalue weighted by atomic mass is 10.1. The summed E-state index contributed by atoms with van der Waals surface area (Å²) in [5.74, 6) is 1.52. The molecule has 1 aromatic heterocycles. The van der Waals surface area contributed by atoms with Crippen molar-refractivity contribution in [3.8, 4) is 5.75 Å². The largest absolute Gasteiger partial charge is 0.497 e. The molecule has 0 saturated heterocycles. The summed E-state index contributed by atoms with van der Waals surface area (Å²) < 4.78 is 5.31. The van der Waals surface area contributed by atoms with Crippen LogP contribution in [0.1, 0.15) is 17.5 Å². The van der Waals surface area contributed by atoms with Crippen molar-refractivity contribution >= 4 is 22.3 Å². The summed E-state index contributed by atoms with van der Waals surface area (Å²) in [4.78, 5) is 0. The molecular formula is C18H16N4O. The number of hydrogen-bond donors (Lipinski definition) is 1. The monoisotopic (exact) mass is 304 g/mol. The molecule has 0 spiro atoms. The van der Waals surface area contributed by atoms with Crippen LogP contribution in [0.5, 0.6) is 5.75 Å². The van der Waals surface area contributed by atoms with Gasteiger partial charge in [-0.25, -0.2) is 0 Å². The maximum atomic E-state index is 5.31. The van der Waals surface area contributed by atoms with Gasteiger partial charge in [-0.15, -0.1) is 5.10 Å². The number of ether oxygens (including phenoxy) is 1. The highest BCUT2D eigenvalue weighted by Gasteiger charge is 2.18. The van der Waals surface area contributed by atoms with Gasteiger partial charge in [-0.05, 0) is 30.5 Å². The second-order valence-electron chi connectivity index (χ2n) is 5.47. The Morgan fingerprint density at radius 2 is 2.04 bits per heavy atom. The summed E-state index contributed by atoms with van der Waals surface area (Å²) in [5.41, 5.74) is 6.55. The molecule has 1 aliphatic carbocycles. The van der Waals surface area contributed by atoms with Crippen molar-refractivity contribution in [3.63, 3.8) is 0 Å². The lowest BCUT2D eigenvalue weighted by molar-refractivity contribution is 0.414. The Balaban J connectivity index is 1.68. The average Bonchev–Trinajstić information content (AvgIpc) is 3.02. The summed E-state index contributed by atoms with van der Waals surface area (Å²) in [7, 11) is 1.68. The van der Waals surface area contributed by atoms with Crippen LogP contribution in [0.15, 0.2) is 53.8 Å². The first kappa shape index (κ1) is 13.7. The fourth-order valence-electron chi connectivity index (χ4n) is 2.90. The summed E-state index contributed by atoms with van der Waals surface area (Å²) in [6.07, 6.45) is 3.66. The summed E-state index contributed by atoms with van der Waals surface area (Å²) in [6.45, 7) is 0. The number of fused-ring (bicyclic) bond motifs is 2. The van der Waals surface area contributed by atoms with Crippen molar-refractivity contribution < 1.29 is 4.74 Å². The number of benzene rings is 2. The molecule has 1 heterocycles. The Labute approximate surface area is 134 Å². The Kier molecular flexibility index (Phi) is 3.38. The summed E-state index contributed by atoms with van der Waals surface area (Å²) >= 11 is 0. The number of anilines is 1. The number of aromatic nitrogens is 2. The lowest BCUT2D eigenvalue weighted by Gasteiger charge is -2.06. The molecule has 0 bridgehead atoms. The molecule has 114 valence electrons. The molecule has 5 heteroatoms. The van der Waals surface area contributed by atoms with Crippen molar-refractivity contribution in [2.75, 3.05) is 12.5 Å². The molecule has 3 aromatic rings. The third-order valence-electron chi connectivity index (χ3n) is 4.13. The van der Waals surface area contributed by atoms with E-state index in [9.17, 15) is 0 Å². The van der Waals surface area contributed by atoms with Gasteiger partial charge in [0.2, 0.25) is 0 Å². The molecule has 23 heavy (non-hydrogen) atoms. The first-order valence-corrected chi connectivity index (χ1v) is 7.55. The van der Waals surface area contributed by atoms with Crippen LogP contribution in [-0.2, 0) is 6.42 Å². The molecule has 0 fully saturated rings. The van der Waals surface area contributed by atoms with E-state index in [1.54, 1.807) is 13.3 Å². The zero-order valence-electron chi connectivity index (χ0n) is 12.8. The van der Waals surface area contributed by atoms with Gasteiger partial charge < -0.3 is 4.74 Å². The molecule has 0 amide bonds. The van der Waals surface area contributed by atoms with Gasteiger partial charge in [0.25, 0.3) is 0 Å². The van der Waals surface area contributed by atoms with Gasteiger partial charge in [0.1, 0.15) is 5.75 Å². The van der Waals surface area contributed by atoms with E-state index in [0.717, 1.165) is 40.6 Å². The highest BCUT2D eigenvalue weighted by molar-refractivity contribution is 6.05. The maximum Gasteiger partial charge on any atom is 0.176 e. The molecular weight excluding hydrogens is 288 g/mol. The van der Waals surface area contributed by atoms with Crippen LogP contribution in [0.25, 0.3) is 10.8 Å². The van der Waals surface area contributed by atoms with E-state index in [1.807, 2.05) is 36.4 Å². The third kappa shape index (κ3) is 2.50. The molecule has 0 unspecified atom stereocenters. The van der Waals surface area contributed by atoms with Crippen LogP contribution in [0.4, 0.5) is 5.82 Å². The summed E-state index contributed by atoms with van der Waals surface area (Å²) in [5, 5.41) is 14.8. The number of methoxy groups -OCH3 is 1. The minimum absolute atomic E-state index is 0.673. The number of nitrogens with one attached hydrogen (secondary N) is 1. The zero-order chi connectivity index (χ0) is 15.6. The van der Waals surface area contributed by atoms with Gasteiger partial charge in [0, 0.05) is 16.3 Å². The third-order valence-corrected chi connectivity index (χ3v) is 4.13. The Bertz CT molecular complexity index is 899. The van der Waals surface area contributed by atoms with Gasteiger partial charge in [-0.3, -0.25) is 5.43 Å². The molecule has 0 radical (unpaired) electrons. The number of hydrazone groups is 1. The van der Waals surface area contributed by atoms with E-state index in [0.29, 0.717) is 5.82 Å². The molecule has 0 aliphatic heterocycles. The Hall–Kier alpha value is -2.95. The molecule has 2 aromatic carbocycles. The molecule has 1 aliphatic rings. The van der Waals surface area contributed by atoms with Crippen LogP contribution < -0.4 is 10.2 Å². The number of rotatable bonds is 3. The predicted octanol–water partition coefficient (Wildman–Crippen LogP) is 3.40. The van der Waals surface area contributed by atoms with Crippen LogP contribution >= 0.6 is 0 Å². The van der Waals surface area contributed by atoms with Crippen molar-refractivity contribution in [2.24, 2.45) is 5.10 Å². The fraction of sp³-hybridized carbons (Fsp3) is 0.167. The molecule has 0 atom stereocenters. The molecule has 0 saturated carbocycles. The van der Waals surface area contributed by atoms with E-state index < -0.39 is 0 Å². The normalized spacial score (nSPS) is 14.9. The molecule has 4 rings (SSSR count). The van der Waals surface area contributed by atoms with Gasteiger partial charge in [0.05, 0.1) is 19.0 Å². The van der Waals surface area contributed by atoms with Gasteiger partial charge in [0.15, 0.2) is 5.82 Å². The molecule has 1 N–H and O–H groups in total. The zero-order valence-corrected chi connectivity index (χ0v) is 12.8. The average molecular weight is 304 g/mol. The summed E-state index contributed by atoms with van der Waals surface area (Å²) in [6, 6.07) is 14.1. The fourth-order valence-corrected chi connectivity index (χ4v) is 2.90. The highest BCUT2D eigenvalue weighted by Crippen LogP contribution is 2.27. The highest BCUT2D eigenvalue weighted by atomic mass is 16.5. The Morgan fingerprint density at radius 1 is 1.13 bits per heavy atom. The van der Waals surface area contributed by atoms with Gasteiger partial charge >= 0.3 is 0 Å². The van der Waals surface area contributed by atoms with Crippen molar-refractivity contribution in [2.45, 2.75) is 12.8 Å². The van der Waals surface area contributed by atoms with Crippen molar-refractivity contribution in [1.29, 1.82) is 0 Å². The van der Waals surface area contributed by atoms with Crippen LogP contribution in [0.3, 0.4) is 0 Å². The van der Waals surface area contributed by atoms with Crippen LogP contribution in [0.2, 0.25) is 0 Å². The quantitative estimate of drug-likeness (QED) is 0.753. The number of hydrogen-bond acceptors (Lipinski definition) is 5. The minimum atomic E-state index is 0.673. The van der Waals surface area contributed by atoms with E-state index in [1.165, 1.54) is 5.56 Å². The van der Waals surface area contributed by atoms with Gasteiger partial charge in [-0.1, -0.05) is 30.3 Å². The molecule has 5 nitrogen and oxygen atoms in total. The Morgan fingerprint density at radius 3 is 2.96 bits per heavy atom. The van der Waals surface area contributed by atoms with E-state index >= 15 is 0 Å². The smallest absolute Gasteiger partial charge is 0.176 e. The van der Waals surface area contributed by atoms with E-state index in [-0.39, 0.29) is 0 Å². The second kappa shape index (κ2) is 5.68. The SMILES string of the molecule is COc1ccc2c(c1)/C(=N\Nc1nncc3ccccc13)CC2. The van der Waals surface area contributed by atoms with Crippen molar-refractivity contribution in [3.05, 3.63) is 59.8 Å². The van der Waals surface area contributed by atoms with E-state index in [2.05, 4.69) is 26.8 Å². The predicted molar refractivity (Wildman–Crippen MR) is 91.0 cm³/mol. The topological polar surface area (TPSA) is 59.4 Å². The van der Waals surface area contributed by atoms with E-state index in [4.69, 9.17) is 4.74 Å². The lowest BCUT2D eigenvalue weighted by Crippen LogP contribution is -2.02.